The first-order chi connectivity index (χ1) is 11.2. The molecule has 0 unspecified atom stereocenters. The second kappa shape index (κ2) is 10.3. The van der Waals surface area contributed by atoms with Gasteiger partial charge >= 0.3 is 19.7 Å². The van der Waals surface area contributed by atoms with Gasteiger partial charge in [-0.3, -0.25) is 9.80 Å². The first kappa shape index (κ1) is 17.8. The van der Waals surface area contributed by atoms with Gasteiger partial charge in [0.25, 0.3) is 0 Å². The molecule has 2 saturated heterocycles. The highest BCUT2D eigenvalue weighted by molar-refractivity contribution is 6.37. The Balaban J connectivity index is 1.40. The third-order valence-electron chi connectivity index (χ3n) is 3.40. The summed E-state index contributed by atoms with van der Waals surface area (Å²) in [7, 11) is -0.0443. The van der Waals surface area contributed by atoms with Gasteiger partial charge in [0.1, 0.15) is 13.2 Å². The number of ether oxygens (including phenoxy) is 4. The van der Waals surface area contributed by atoms with Crippen LogP contribution in [0.25, 0.3) is 0 Å². The Hall–Kier alpha value is -1.56. The van der Waals surface area contributed by atoms with E-state index in [-0.39, 0.29) is 20.8 Å². The number of rotatable bonds is 8. The molecule has 0 aromatic rings. The number of hydrogen-bond acceptors (Lipinski definition) is 8. The molecule has 0 spiro atoms. The van der Waals surface area contributed by atoms with Crippen LogP contribution < -0.4 is 10.5 Å². The van der Waals surface area contributed by atoms with Gasteiger partial charge in [0.15, 0.2) is 0 Å². The van der Waals surface area contributed by atoms with Crippen molar-refractivity contribution in [3.8, 4) is 0 Å². The van der Waals surface area contributed by atoms with Crippen molar-refractivity contribution in [2.24, 2.45) is 0 Å². The lowest BCUT2D eigenvalue weighted by molar-refractivity contribution is 0.108. The lowest BCUT2D eigenvalue weighted by atomic mass is 10.2. The van der Waals surface area contributed by atoms with Crippen LogP contribution in [0, 0.1) is 0 Å². The van der Waals surface area contributed by atoms with E-state index in [2.05, 4.69) is 10.5 Å². The normalized spacial score (nSPS) is 18.6. The van der Waals surface area contributed by atoms with Crippen molar-refractivity contribution < 1.29 is 28.5 Å². The molecule has 0 aromatic heterocycles. The van der Waals surface area contributed by atoms with E-state index < -0.39 is 12.2 Å². The van der Waals surface area contributed by atoms with Crippen LogP contribution in [0.1, 0.15) is 0 Å². The maximum absolute atomic E-state index is 11.4. The van der Waals surface area contributed by atoms with E-state index in [0.717, 1.165) is 13.1 Å². The van der Waals surface area contributed by atoms with Crippen molar-refractivity contribution in [1.82, 2.24) is 20.3 Å². The van der Waals surface area contributed by atoms with Crippen molar-refractivity contribution in [3.63, 3.8) is 0 Å². The minimum Gasteiger partial charge on any atom is -0.449 e. The highest BCUT2D eigenvalue weighted by Gasteiger charge is 2.13. The lowest BCUT2D eigenvalue weighted by Crippen LogP contribution is -2.42. The third-order valence-corrected chi connectivity index (χ3v) is 3.40. The van der Waals surface area contributed by atoms with Crippen LogP contribution >= 0.6 is 0 Å². The van der Waals surface area contributed by atoms with Gasteiger partial charge in [-0.1, -0.05) is 0 Å². The number of carbonyl (C=O) groups is 2. The first-order valence-electron chi connectivity index (χ1n) is 7.65. The zero-order chi connectivity index (χ0) is 16.3. The Kier molecular flexibility index (Phi) is 7.94. The summed E-state index contributed by atoms with van der Waals surface area (Å²) in [6, 6.07) is 0. The fourth-order valence-electron chi connectivity index (χ4n) is 2.08. The topological polar surface area (TPSA) is 102 Å². The molecule has 2 heterocycles. The largest absolute Gasteiger partial charge is 0.449 e. The van der Waals surface area contributed by atoms with Crippen LogP contribution in [0.15, 0.2) is 0 Å². The Bertz CT molecular complexity index is 343. The summed E-state index contributed by atoms with van der Waals surface area (Å²) >= 11 is 0. The highest BCUT2D eigenvalue weighted by atomic mass is 16.6. The summed E-state index contributed by atoms with van der Waals surface area (Å²) in [4.78, 5) is 26.9. The summed E-state index contributed by atoms with van der Waals surface area (Å²) in [5, 5.41) is 4.83. The number of amides is 2. The average Bonchev–Trinajstić information content (AvgIpc) is 3.20. The van der Waals surface area contributed by atoms with E-state index in [0.29, 0.717) is 39.8 Å². The number of nitrogens with zero attached hydrogens (tertiary/aromatic N) is 2. The van der Waals surface area contributed by atoms with Crippen LogP contribution in [-0.2, 0) is 18.9 Å². The lowest BCUT2D eigenvalue weighted by Gasteiger charge is -2.13. The van der Waals surface area contributed by atoms with Gasteiger partial charge < -0.3 is 29.4 Å². The number of nitrogens with one attached hydrogen (secondary N) is 2. The van der Waals surface area contributed by atoms with E-state index in [1.165, 1.54) is 0 Å². The maximum atomic E-state index is 11.4. The van der Waals surface area contributed by atoms with Crippen LogP contribution in [0.2, 0.25) is 0 Å². The zero-order valence-corrected chi connectivity index (χ0v) is 13.1. The van der Waals surface area contributed by atoms with E-state index in [1.54, 1.807) is 0 Å². The Morgan fingerprint density at radius 1 is 0.913 bits per heavy atom. The molecule has 10 nitrogen and oxygen atoms in total. The molecule has 2 rings (SSSR count). The Morgan fingerprint density at radius 3 is 1.78 bits per heavy atom. The molecular weight excluding hydrogens is 307 g/mol. The van der Waals surface area contributed by atoms with Crippen LogP contribution in [0.5, 0.6) is 0 Å². The summed E-state index contributed by atoms with van der Waals surface area (Å²) in [5.41, 5.74) is 0. The Labute approximate surface area is 135 Å². The number of hydrogen-bond donors (Lipinski definition) is 2. The monoisotopic (exact) mass is 330 g/mol. The fraction of sp³-hybridized carbons (Fsp3) is 0.833. The van der Waals surface area contributed by atoms with Crippen molar-refractivity contribution >= 4 is 19.7 Å². The van der Waals surface area contributed by atoms with E-state index in [1.807, 2.05) is 9.80 Å². The molecule has 11 heteroatoms. The molecule has 0 aliphatic carbocycles. The molecule has 0 bridgehead atoms. The summed E-state index contributed by atoms with van der Waals surface area (Å²) < 4.78 is 20.3. The zero-order valence-electron chi connectivity index (χ0n) is 13.1. The van der Waals surface area contributed by atoms with Gasteiger partial charge in [0, 0.05) is 26.2 Å². The molecule has 0 saturated carbocycles. The molecule has 130 valence electrons. The predicted molar refractivity (Wildman–Crippen MR) is 80.9 cm³/mol. The molecule has 2 fully saturated rings. The van der Waals surface area contributed by atoms with Gasteiger partial charge in [-0.05, 0) is 0 Å². The minimum atomic E-state index is -0.584. The highest BCUT2D eigenvalue weighted by Crippen LogP contribution is 1.98. The summed E-state index contributed by atoms with van der Waals surface area (Å²) in [6.07, 6.45) is -1.17. The summed E-state index contributed by atoms with van der Waals surface area (Å²) in [6.45, 7) is 6.07. The van der Waals surface area contributed by atoms with Gasteiger partial charge in [0.2, 0.25) is 0 Å². The van der Waals surface area contributed by atoms with Crippen molar-refractivity contribution in [1.29, 1.82) is 0 Å². The van der Waals surface area contributed by atoms with Crippen molar-refractivity contribution in [3.05, 3.63) is 0 Å². The molecule has 0 aromatic carbocycles. The third kappa shape index (κ3) is 7.50. The summed E-state index contributed by atoms with van der Waals surface area (Å²) in [5.74, 6) is 0. The second-order valence-electron chi connectivity index (χ2n) is 5.11. The maximum Gasteiger partial charge on any atom is 0.396 e. The van der Waals surface area contributed by atoms with Crippen LogP contribution in [-0.4, -0.2) is 95.6 Å². The van der Waals surface area contributed by atoms with Crippen LogP contribution in [0.4, 0.5) is 9.59 Å². The van der Waals surface area contributed by atoms with Crippen LogP contribution in [0.3, 0.4) is 0 Å². The second-order valence-corrected chi connectivity index (χ2v) is 5.11. The minimum absolute atomic E-state index is 0.0443. The van der Waals surface area contributed by atoms with Gasteiger partial charge in [0.05, 0.1) is 26.7 Å². The Morgan fingerprint density at radius 2 is 1.39 bits per heavy atom. The predicted octanol–water partition coefficient (Wildman–Crippen LogP) is -1.72. The van der Waals surface area contributed by atoms with Gasteiger partial charge in [-0.15, -0.1) is 0 Å². The van der Waals surface area contributed by atoms with Crippen molar-refractivity contribution in [2.75, 3.05) is 66.1 Å². The van der Waals surface area contributed by atoms with E-state index in [4.69, 9.17) is 18.9 Å². The molecule has 2 aliphatic rings. The molecule has 2 aliphatic heterocycles. The van der Waals surface area contributed by atoms with Gasteiger partial charge in [-0.25, -0.2) is 9.59 Å². The van der Waals surface area contributed by atoms with Gasteiger partial charge in [-0.2, -0.15) is 0 Å². The molecular formula is C12H23BN4O6. The molecule has 23 heavy (non-hydrogen) atoms. The SMILES string of the molecule is O=C(NBNC(=O)OCCN1CCOC1)OCCN1CCOC1. The molecule has 2 amide bonds. The quantitative estimate of drug-likeness (QED) is 0.507. The standard InChI is InChI=1S/C12H23BN4O6/c18-11(22-7-3-16-1-5-20-9-16)14-13-15-12(19)23-8-4-17-2-6-21-10-17/h13H,1-10H2,(H,14,18)(H,15,19). The average molecular weight is 330 g/mol. The van der Waals surface area contributed by atoms with Crippen molar-refractivity contribution in [2.45, 2.75) is 0 Å². The smallest absolute Gasteiger partial charge is 0.396 e. The molecule has 0 atom stereocenters. The first-order valence-corrected chi connectivity index (χ1v) is 7.65. The molecule has 2 N–H and O–H groups in total. The molecule has 0 radical (unpaired) electrons. The fourth-order valence-corrected chi connectivity index (χ4v) is 2.08. The van der Waals surface area contributed by atoms with E-state index >= 15 is 0 Å². The van der Waals surface area contributed by atoms with E-state index in [9.17, 15) is 9.59 Å². The number of carbonyl (C=O) groups excluding carboxylic acids is 2.